The van der Waals surface area contributed by atoms with E-state index in [2.05, 4.69) is 30.3 Å². The number of piperidine rings is 1. The normalized spacial score (nSPS) is 14.3. The van der Waals surface area contributed by atoms with E-state index in [0.29, 0.717) is 54.8 Å². The molecule has 2 heterocycles. The molecule has 35 heavy (non-hydrogen) atoms. The van der Waals surface area contributed by atoms with E-state index >= 15 is 0 Å². The molecule has 0 radical (unpaired) electrons. The SMILES string of the molecule is CNC(=O)c1cccc(Nc2ncnc(N3CCC(Oc4cccc(OC(F)(F)F)c4)CC3)n2)c1. The van der Waals surface area contributed by atoms with Gasteiger partial charge in [-0.2, -0.15) is 4.98 Å². The monoisotopic (exact) mass is 488 g/mol. The Kier molecular flexibility index (Phi) is 7.18. The zero-order chi connectivity index (χ0) is 24.8. The molecule has 0 unspecified atom stereocenters. The molecule has 12 heteroatoms. The van der Waals surface area contributed by atoms with Gasteiger partial charge in [-0.1, -0.05) is 12.1 Å². The standard InChI is InChI=1S/C23H23F3N6O3/c1-27-20(33)15-4-2-5-16(12-15)30-21-28-14-29-22(31-21)32-10-8-17(9-11-32)34-18-6-3-7-19(13-18)35-23(24,25)26/h2-7,12-14,17H,8-11H2,1H3,(H,27,33)(H,28,29,30,31). The number of nitrogens with zero attached hydrogens (tertiary/aromatic N) is 4. The number of ether oxygens (including phenoxy) is 2. The number of hydrogen-bond acceptors (Lipinski definition) is 8. The van der Waals surface area contributed by atoms with Crippen LogP contribution in [0.2, 0.25) is 0 Å². The van der Waals surface area contributed by atoms with Crippen LogP contribution in [0.5, 0.6) is 11.5 Å². The van der Waals surface area contributed by atoms with Crippen molar-refractivity contribution in [1.29, 1.82) is 0 Å². The highest BCUT2D eigenvalue weighted by atomic mass is 19.4. The largest absolute Gasteiger partial charge is 0.573 e. The second kappa shape index (κ2) is 10.5. The maximum Gasteiger partial charge on any atom is 0.573 e. The zero-order valence-corrected chi connectivity index (χ0v) is 18.7. The van der Waals surface area contributed by atoms with E-state index < -0.39 is 6.36 Å². The Labute approximate surface area is 199 Å². The Morgan fingerprint density at radius 3 is 2.54 bits per heavy atom. The molecule has 1 aliphatic heterocycles. The summed E-state index contributed by atoms with van der Waals surface area (Å²) in [6.07, 6.45) is -2.25. The molecule has 1 amide bonds. The summed E-state index contributed by atoms with van der Waals surface area (Å²) in [4.78, 5) is 26.7. The summed E-state index contributed by atoms with van der Waals surface area (Å²) in [7, 11) is 1.56. The zero-order valence-electron chi connectivity index (χ0n) is 18.7. The van der Waals surface area contributed by atoms with Crippen molar-refractivity contribution in [3.63, 3.8) is 0 Å². The average Bonchev–Trinajstić information content (AvgIpc) is 2.83. The lowest BCUT2D eigenvalue weighted by Gasteiger charge is -2.32. The highest BCUT2D eigenvalue weighted by Gasteiger charge is 2.31. The number of rotatable bonds is 7. The molecule has 1 saturated heterocycles. The number of hydrogen-bond donors (Lipinski definition) is 2. The number of halogens is 3. The van der Waals surface area contributed by atoms with Gasteiger partial charge in [0.25, 0.3) is 5.91 Å². The molecule has 0 aliphatic carbocycles. The van der Waals surface area contributed by atoms with Crippen LogP contribution in [0.1, 0.15) is 23.2 Å². The van der Waals surface area contributed by atoms with Crippen LogP contribution in [-0.2, 0) is 0 Å². The fraction of sp³-hybridized carbons (Fsp3) is 0.304. The van der Waals surface area contributed by atoms with Crippen LogP contribution < -0.4 is 25.0 Å². The molecule has 1 aliphatic rings. The van der Waals surface area contributed by atoms with Crippen molar-refractivity contribution in [1.82, 2.24) is 20.3 Å². The number of amides is 1. The summed E-state index contributed by atoms with van der Waals surface area (Å²) in [5, 5.41) is 5.66. The van der Waals surface area contributed by atoms with Crippen molar-refractivity contribution in [2.45, 2.75) is 25.3 Å². The van der Waals surface area contributed by atoms with Gasteiger partial charge in [-0.15, -0.1) is 13.2 Å². The molecule has 0 spiro atoms. The molecular weight excluding hydrogens is 465 g/mol. The van der Waals surface area contributed by atoms with Crippen LogP contribution in [0.15, 0.2) is 54.9 Å². The third-order valence-corrected chi connectivity index (χ3v) is 5.23. The Hall–Kier alpha value is -4.09. The lowest BCUT2D eigenvalue weighted by Crippen LogP contribution is -2.39. The number of carbonyl (C=O) groups is 1. The fourth-order valence-electron chi connectivity index (χ4n) is 3.62. The molecule has 0 atom stereocenters. The molecule has 2 N–H and O–H groups in total. The molecule has 2 aromatic carbocycles. The van der Waals surface area contributed by atoms with Gasteiger partial charge in [0.1, 0.15) is 23.9 Å². The van der Waals surface area contributed by atoms with E-state index in [1.807, 2.05) is 4.90 Å². The Morgan fingerprint density at radius 1 is 1.06 bits per heavy atom. The van der Waals surface area contributed by atoms with Crippen molar-refractivity contribution in [3.05, 3.63) is 60.4 Å². The predicted molar refractivity (Wildman–Crippen MR) is 122 cm³/mol. The first-order valence-electron chi connectivity index (χ1n) is 10.8. The highest BCUT2D eigenvalue weighted by molar-refractivity contribution is 5.95. The van der Waals surface area contributed by atoms with Crippen molar-refractivity contribution in [2.75, 3.05) is 30.4 Å². The molecule has 0 saturated carbocycles. The van der Waals surface area contributed by atoms with Gasteiger partial charge in [0.15, 0.2) is 0 Å². The maximum atomic E-state index is 12.4. The molecule has 0 bridgehead atoms. The van der Waals surface area contributed by atoms with E-state index in [1.165, 1.54) is 24.5 Å². The van der Waals surface area contributed by atoms with Crippen LogP contribution in [0.25, 0.3) is 0 Å². The van der Waals surface area contributed by atoms with E-state index in [-0.39, 0.29) is 17.8 Å². The minimum Gasteiger partial charge on any atom is -0.490 e. The average molecular weight is 488 g/mol. The van der Waals surface area contributed by atoms with Crippen LogP contribution in [0.4, 0.5) is 30.8 Å². The molecule has 1 aromatic heterocycles. The second-order valence-corrected chi connectivity index (χ2v) is 7.72. The quantitative estimate of drug-likeness (QED) is 0.516. The molecule has 184 valence electrons. The van der Waals surface area contributed by atoms with Crippen LogP contribution in [0, 0.1) is 0 Å². The lowest BCUT2D eigenvalue weighted by molar-refractivity contribution is -0.274. The number of aromatic nitrogens is 3. The summed E-state index contributed by atoms with van der Waals surface area (Å²) in [5.41, 5.74) is 1.16. The van der Waals surface area contributed by atoms with E-state index in [0.717, 1.165) is 0 Å². The van der Waals surface area contributed by atoms with Crippen LogP contribution in [-0.4, -0.2) is 53.5 Å². The van der Waals surface area contributed by atoms with Gasteiger partial charge < -0.3 is 25.0 Å². The minimum atomic E-state index is -4.75. The summed E-state index contributed by atoms with van der Waals surface area (Å²) < 4.78 is 47.1. The number of alkyl halides is 3. The summed E-state index contributed by atoms with van der Waals surface area (Å²) in [6.45, 7) is 1.19. The number of carbonyl (C=O) groups excluding carboxylic acids is 1. The molecular formula is C23H23F3N6O3. The molecule has 3 aromatic rings. The molecule has 4 rings (SSSR count). The van der Waals surface area contributed by atoms with Gasteiger partial charge in [0, 0.05) is 50.3 Å². The van der Waals surface area contributed by atoms with Crippen molar-refractivity contribution in [3.8, 4) is 11.5 Å². The Morgan fingerprint density at radius 2 is 1.80 bits per heavy atom. The number of anilines is 3. The fourth-order valence-corrected chi connectivity index (χ4v) is 3.62. The lowest BCUT2D eigenvalue weighted by atomic mass is 10.1. The van der Waals surface area contributed by atoms with Crippen LogP contribution >= 0.6 is 0 Å². The van der Waals surface area contributed by atoms with Gasteiger partial charge in [-0.05, 0) is 30.3 Å². The third-order valence-electron chi connectivity index (χ3n) is 5.23. The van der Waals surface area contributed by atoms with Gasteiger partial charge in [-0.3, -0.25) is 4.79 Å². The first-order valence-corrected chi connectivity index (χ1v) is 10.8. The van der Waals surface area contributed by atoms with Gasteiger partial charge in [-0.25, -0.2) is 9.97 Å². The topological polar surface area (TPSA) is 102 Å². The van der Waals surface area contributed by atoms with Gasteiger partial charge in [0.2, 0.25) is 11.9 Å². The van der Waals surface area contributed by atoms with E-state index in [9.17, 15) is 18.0 Å². The highest BCUT2D eigenvalue weighted by Crippen LogP contribution is 2.28. The smallest absolute Gasteiger partial charge is 0.490 e. The van der Waals surface area contributed by atoms with Gasteiger partial charge >= 0.3 is 6.36 Å². The second-order valence-electron chi connectivity index (χ2n) is 7.72. The Bertz CT molecular complexity index is 1170. The molecule has 9 nitrogen and oxygen atoms in total. The Balaban J connectivity index is 1.34. The number of nitrogens with one attached hydrogen (secondary N) is 2. The summed E-state index contributed by atoms with van der Waals surface area (Å²) >= 11 is 0. The van der Waals surface area contributed by atoms with Gasteiger partial charge in [0.05, 0.1) is 0 Å². The number of benzene rings is 2. The third kappa shape index (κ3) is 6.71. The summed E-state index contributed by atoms with van der Waals surface area (Å²) in [6, 6.07) is 12.5. The van der Waals surface area contributed by atoms with Crippen molar-refractivity contribution < 1.29 is 27.4 Å². The minimum absolute atomic E-state index is 0.167. The molecule has 1 fully saturated rings. The van der Waals surface area contributed by atoms with E-state index in [1.54, 1.807) is 37.4 Å². The van der Waals surface area contributed by atoms with Crippen molar-refractivity contribution in [2.24, 2.45) is 0 Å². The first-order chi connectivity index (χ1) is 16.8. The van der Waals surface area contributed by atoms with Crippen LogP contribution in [0.3, 0.4) is 0 Å². The first kappa shape index (κ1) is 24.0. The maximum absolute atomic E-state index is 12.4. The van der Waals surface area contributed by atoms with E-state index in [4.69, 9.17) is 4.74 Å². The summed E-state index contributed by atoms with van der Waals surface area (Å²) in [5.74, 6) is 0.622. The van der Waals surface area contributed by atoms with Crippen molar-refractivity contribution >= 4 is 23.5 Å². The predicted octanol–water partition coefficient (Wildman–Crippen LogP) is 3.92.